The fraction of sp³-hybridized carbons (Fsp3) is 0.357. The van der Waals surface area contributed by atoms with E-state index in [9.17, 15) is 0 Å². The Balaban J connectivity index is 2.25. The first kappa shape index (κ1) is 15.9. The zero-order valence-electron chi connectivity index (χ0n) is 11.3. The van der Waals surface area contributed by atoms with Crippen molar-refractivity contribution in [2.24, 2.45) is 0 Å². The summed E-state index contributed by atoms with van der Waals surface area (Å²) in [4.78, 5) is 0. The first-order chi connectivity index (χ1) is 9.58. The number of aryl methyl sites for hydroxylation is 2. The minimum atomic E-state index is 0.430. The van der Waals surface area contributed by atoms with Crippen LogP contribution in [0.1, 0.15) is 23.9 Å². The highest BCUT2D eigenvalue weighted by Gasteiger charge is 2.14. The van der Waals surface area contributed by atoms with Gasteiger partial charge in [-0.25, -0.2) is 0 Å². The lowest BCUT2D eigenvalue weighted by Crippen LogP contribution is -2.07. The maximum absolute atomic E-state index is 6.21. The lowest BCUT2D eigenvalue weighted by molar-refractivity contribution is 0.290. The number of ether oxygens (including phenoxy) is 1. The quantitative estimate of drug-likeness (QED) is 0.627. The predicted octanol–water partition coefficient (Wildman–Crippen LogP) is 5.10. The Kier molecular flexibility index (Phi) is 5.52. The Morgan fingerprint density at radius 3 is 2.80 bits per heavy atom. The van der Waals surface area contributed by atoms with Crippen LogP contribution in [0.3, 0.4) is 0 Å². The summed E-state index contributed by atoms with van der Waals surface area (Å²) in [5.74, 6) is 0.722. The Hall–Kier alpha value is -0.520. The standard InChI is InChI=1S/C14H15Br2ClN2O/c1-3-19-12(13(16)9(2)18-19)8-20-14-10(7-15)5-4-6-11(14)17/h4-6H,3,7-8H2,1-2H3. The molecule has 0 aliphatic heterocycles. The van der Waals surface area contributed by atoms with Gasteiger partial charge in [-0.1, -0.05) is 39.7 Å². The van der Waals surface area contributed by atoms with Crippen molar-refractivity contribution in [2.45, 2.75) is 32.3 Å². The highest BCUT2D eigenvalue weighted by Crippen LogP contribution is 2.32. The molecule has 6 heteroatoms. The van der Waals surface area contributed by atoms with Gasteiger partial charge in [0.05, 0.1) is 20.9 Å². The topological polar surface area (TPSA) is 27.1 Å². The van der Waals surface area contributed by atoms with Crippen LogP contribution in [0.2, 0.25) is 5.02 Å². The van der Waals surface area contributed by atoms with Crippen molar-refractivity contribution in [3.63, 3.8) is 0 Å². The number of nitrogens with zero attached hydrogens (tertiary/aromatic N) is 2. The largest absolute Gasteiger partial charge is 0.485 e. The van der Waals surface area contributed by atoms with Gasteiger partial charge in [-0.05, 0) is 35.8 Å². The Bertz CT molecular complexity index is 613. The summed E-state index contributed by atoms with van der Waals surface area (Å²) >= 11 is 13.2. The third-order valence-corrected chi connectivity index (χ3v) is 4.93. The van der Waals surface area contributed by atoms with E-state index < -0.39 is 0 Å². The minimum Gasteiger partial charge on any atom is -0.485 e. The smallest absolute Gasteiger partial charge is 0.142 e. The van der Waals surface area contributed by atoms with Crippen LogP contribution in [0.15, 0.2) is 22.7 Å². The SMILES string of the molecule is CCn1nc(C)c(Br)c1COc1c(Cl)cccc1CBr. The average Bonchev–Trinajstić information content (AvgIpc) is 2.72. The van der Waals surface area contributed by atoms with Crippen molar-refractivity contribution in [1.29, 1.82) is 0 Å². The number of rotatable bonds is 5. The van der Waals surface area contributed by atoms with Crippen molar-refractivity contribution < 1.29 is 4.74 Å². The van der Waals surface area contributed by atoms with Gasteiger partial charge >= 0.3 is 0 Å². The summed E-state index contributed by atoms with van der Waals surface area (Å²) in [5, 5.41) is 5.78. The molecule has 1 heterocycles. The summed E-state index contributed by atoms with van der Waals surface area (Å²) in [6.45, 7) is 5.26. The van der Waals surface area contributed by atoms with Gasteiger partial charge in [-0.2, -0.15) is 5.10 Å². The third-order valence-electron chi connectivity index (χ3n) is 3.00. The number of hydrogen-bond donors (Lipinski definition) is 0. The molecule has 0 saturated carbocycles. The summed E-state index contributed by atoms with van der Waals surface area (Å²) in [7, 11) is 0. The van der Waals surface area contributed by atoms with Crippen molar-refractivity contribution in [3.05, 3.63) is 44.6 Å². The second kappa shape index (κ2) is 6.96. The van der Waals surface area contributed by atoms with Crippen LogP contribution in [0.25, 0.3) is 0 Å². The van der Waals surface area contributed by atoms with Gasteiger partial charge in [-0.15, -0.1) is 0 Å². The van der Waals surface area contributed by atoms with Crippen LogP contribution in [-0.2, 0) is 18.5 Å². The molecule has 2 aromatic rings. The highest BCUT2D eigenvalue weighted by molar-refractivity contribution is 9.10. The molecular weight excluding hydrogens is 407 g/mol. The van der Waals surface area contributed by atoms with E-state index in [1.807, 2.05) is 29.8 Å². The predicted molar refractivity (Wildman–Crippen MR) is 88.8 cm³/mol. The molecule has 0 radical (unpaired) electrons. The molecule has 1 aromatic heterocycles. The minimum absolute atomic E-state index is 0.430. The van der Waals surface area contributed by atoms with Crippen LogP contribution in [0.5, 0.6) is 5.75 Å². The van der Waals surface area contributed by atoms with Gasteiger partial charge < -0.3 is 4.74 Å². The second-order valence-electron chi connectivity index (χ2n) is 4.31. The molecule has 0 fully saturated rings. The molecule has 20 heavy (non-hydrogen) atoms. The van der Waals surface area contributed by atoms with Gasteiger partial charge in [0.1, 0.15) is 12.4 Å². The molecule has 0 saturated heterocycles. The maximum atomic E-state index is 6.21. The fourth-order valence-corrected chi connectivity index (χ4v) is 3.06. The molecule has 0 amide bonds. The van der Waals surface area contributed by atoms with Gasteiger partial charge in [0, 0.05) is 17.4 Å². The van der Waals surface area contributed by atoms with E-state index in [1.165, 1.54) is 0 Å². The van der Waals surface area contributed by atoms with Crippen LogP contribution in [-0.4, -0.2) is 9.78 Å². The summed E-state index contributed by atoms with van der Waals surface area (Å²) in [5.41, 5.74) is 3.02. The first-order valence-corrected chi connectivity index (χ1v) is 8.55. The van der Waals surface area contributed by atoms with Crippen molar-refractivity contribution in [1.82, 2.24) is 9.78 Å². The third kappa shape index (κ3) is 3.21. The van der Waals surface area contributed by atoms with E-state index in [0.717, 1.165) is 33.7 Å². The number of para-hydroxylation sites is 1. The van der Waals surface area contributed by atoms with Crippen LogP contribution < -0.4 is 4.74 Å². The Labute approximate surface area is 140 Å². The number of alkyl halides is 1. The molecule has 108 valence electrons. The van der Waals surface area contributed by atoms with Gasteiger partial charge in [0.2, 0.25) is 0 Å². The summed E-state index contributed by atoms with van der Waals surface area (Å²) in [6.07, 6.45) is 0. The van der Waals surface area contributed by atoms with Crippen molar-refractivity contribution >= 4 is 43.5 Å². The van der Waals surface area contributed by atoms with Gasteiger partial charge in [-0.3, -0.25) is 4.68 Å². The summed E-state index contributed by atoms with van der Waals surface area (Å²) in [6, 6.07) is 5.75. The molecule has 0 spiro atoms. The number of hydrogen-bond acceptors (Lipinski definition) is 2. The molecule has 0 unspecified atom stereocenters. The molecular formula is C14H15Br2ClN2O. The molecule has 0 bridgehead atoms. The summed E-state index contributed by atoms with van der Waals surface area (Å²) < 4.78 is 8.86. The molecule has 1 aromatic carbocycles. The molecule has 0 atom stereocenters. The molecule has 0 aliphatic rings. The zero-order valence-corrected chi connectivity index (χ0v) is 15.2. The maximum Gasteiger partial charge on any atom is 0.142 e. The number of benzene rings is 1. The lowest BCUT2D eigenvalue weighted by Gasteiger charge is -2.12. The van der Waals surface area contributed by atoms with Crippen molar-refractivity contribution in [2.75, 3.05) is 0 Å². The molecule has 0 aliphatic carbocycles. The monoisotopic (exact) mass is 420 g/mol. The van der Waals surface area contributed by atoms with Gasteiger partial charge in [0.15, 0.2) is 0 Å². The lowest BCUT2D eigenvalue weighted by atomic mass is 10.2. The van der Waals surface area contributed by atoms with Crippen LogP contribution in [0, 0.1) is 6.92 Å². The van der Waals surface area contributed by atoms with Gasteiger partial charge in [0.25, 0.3) is 0 Å². The second-order valence-corrected chi connectivity index (χ2v) is 6.07. The molecule has 2 rings (SSSR count). The van der Waals surface area contributed by atoms with E-state index in [-0.39, 0.29) is 0 Å². The van der Waals surface area contributed by atoms with E-state index in [1.54, 1.807) is 0 Å². The normalized spacial score (nSPS) is 10.8. The van der Waals surface area contributed by atoms with E-state index >= 15 is 0 Å². The van der Waals surface area contributed by atoms with E-state index in [2.05, 4.69) is 43.9 Å². The average molecular weight is 423 g/mol. The molecule has 3 nitrogen and oxygen atoms in total. The van der Waals surface area contributed by atoms with E-state index in [4.69, 9.17) is 16.3 Å². The first-order valence-electron chi connectivity index (χ1n) is 6.26. The van der Waals surface area contributed by atoms with Crippen LogP contribution in [0.4, 0.5) is 0 Å². The molecule has 0 N–H and O–H groups in total. The number of halogens is 3. The Morgan fingerprint density at radius 2 is 2.15 bits per heavy atom. The fourth-order valence-electron chi connectivity index (χ4n) is 1.97. The van der Waals surface area contributed by atoms with Crippen LogP contribution >= 0.6 is 43.5 Å². The highest BCUT2D eigenvalue weighted by atomic mass is 79.9. The Morgan fingerprint density at radius 1 is 1.40 bits per heavy atom. The van der Waals surface area contributed by atoms with E-state index in [0.29, 0.717) is 17.0 Å². The number of aromatic nitrogens is 2. The van der Waals surface area contributed by atoms with Crippen molar-refractivity contribution in [3.8, 4) is 5.75 Å². The zero-order chi connectivity index (χ0) is 14.7.